The molecule has 1 spiro atoms. The number of hydrogen-bond acceptors (Lipinski definition) is 6. The molecule has 0 unspecified atom stereocenters. The molecule has 2 N–H and O–H groups in total. The van der Waals surface area contributed by atoms with Gasteiger partial charge >= 0.3 is 12.1 Å². The molecule has 1 heterocycles. The summed E-state index contributed by atoms with van der Waals surface area (Å²) in [6, 6.07) is 5.69. The number of rotatable bonds is 2. The number of carbonyl (C=O) groups is 2. The molecule has 1 amide bonds. The third kappa shape index (κ3) is 4.04. The third-order valence-electron chi connectivity index (χ3n) is 5.69. The summed E-state index contributed by atoms with van der Waals surface area (Å²) in [4.78, 5) is 26.9. The van der Waals surface area contributed by atoms with Crippen molar-refractivity contribution in [3.8, 4) is 5.75 Å². The van der Waals surface area contributed by atoms with Crippen molar-refractivity contribution in [3.05, 3.63) is 34.9 Å². The number of amides is 1. The predicted molar refractivity (Wildman–Crippen MR) is 109 cm³/mol. The summed E-state index contributed by atoms with van der Waals surface area (Å²) in [7, 11) is 2.99. The van der Waals surface area contributed by atoms with E-state index in [1.165, 1.54) is 7.11 Å². The fourth-order valence-electron chi connectivity index (χ4n) is 4.28. The Morgan fingerprint density at radius 2 is 1.79 bits per heavy atom. The second kappa shape index (κ2) is 7.61. The van der Waals surface area contributed by atoms with Crippen LogP contribution in [-0.4, -0.2) is 49.9 Å². The van der Waals surface area contributed by atoms with Gasteiger partial charge in [0.1, 0.15) is 11.4 Å². The SMILES string of the molecule is COC(=O)C1=C(N)c2ccc(OC)cc2CC12CCN(C(=O)OC(C)(C)C)CC2. The Morgan fingerprint density at radius 3 is 2.34 bits per heavy atom. The molecule has 0 aromatic heterocycles. The fraction of sp³-hybridized carbons (Fsp3) is 0.545. The molecule has 1 aromatic carbocycles. The molecule has 0 atom stereocenters. The lowest BCUT2D eigenvalue weighted by atomic mass is 9.64. The quantitative estimate of drug-likeness (QED) is 0.765. The van der Waals surface area contributed by atoms with Crippen molar-refractivity contribution in [3.63, 3.8) is 0 Å². The molecule has 158 valence electrons. The first kappa shape index (κ1) is 21.0. The lowest BCUT2D eigenvalue weighted by Gasteiger charge is -2.45. The number of ether oxygens (including phenoxy) is 3. The predicted octanol–water partition coefficient (Wildman–Crippen LogP) is 3.11. The molecule has 1 aliphatic heterocycles. The lowest BCUT2D eigenvalue weighted by Crippen LogP contribution is -2.49. The molecule has 29 heavy (non-hydrogen) atoms. The maximum Gasteiger partial charge on any atom is 0.410 e. The van der Waals surface area contributed by atoms with Crippen molar-refractivity contribution in [2.45, 2.75) is 45.6 Å². The summed E-state index contributed by atoms with van der Waals surface area (Å²) in [6.07, 6.45) is 1.52. The molecule has 2 aliphatic rings. The van der Waals surface area contributed by atoms with Crippen molar-refractivity contribution in [1.82, 2.24) is 4.90 Å². The Morgan fingerprint density at radius 1 is 1.14 bits per heavy atom. The molecular weight excluding hydrogens is 372 g/mol. The van der Waals surface area contributed by atoms with Crippen LogP contribution in [0.3, 0.4) is 0 Å². The van der Waals surface area contributed by atoms with E-state index in [-0.39, 0.29) is 6.09 Å². The van der Waals surface area contributed by atoms with E-state index < -0.39 is 17.0 Å². The van der Waals surface area contributed by atoms with Crippen LogP contribution in [0.25, 0.3) is 5.70 Å². The first-order chi connectivity index (χ1) is 13.6. The summed E-state index contributed by atoms with van der Waals surface area (Å²) in [6.45, 7) is 6.52. The van der Waals surface area contributed by atoms with Crippen LogP contribution in [0.4, 0.5) is 4.79 Å². The smallest absolute Gasteiger partial charge is 0.410 e. The number of benzene rings is 1. The molecule has 1 aromatic rings. The van der Waals surface area contributed by atoms with Gasteiger partial charge < -0.3 is 24.8 Å². The monoisotopic (exact) mass is 402 g/mol. The Kier molecular flexibility index (Phi) is 5.52. The van der Waals surface area contributed by atoms with Gasteiger partial charge in [-0.15, -0.1) is 0 Å². The normalized spacial score (nSPS) is 18.3. The van der Waals surface area contributed by atoms with Crippen molar-refractivity contribution < 1.29 is 23.8 Å². The molecule has 1 aliphatic carbocycles. The lowest BCUT2D eigenvalue weighted by molar-refractivity contribution is -0.137. The first-order valence-electron chi connectivity index (χ1n) is 9.84. The third-order valence-corrected chi connectivity index (χ3v) is 5.69. The number of nitrogens with zero attached hydrogens (tertiary/aromatic N) is 1. The van der Waals surface area contributed by atoms with E-state index in [0.717, 1.165) is 16.9 Å². The first-order valence-corrected chi connectivity index (χ1v) is 9.84. The summed E-state index contributed by atoms with van der Waals surface area (Å²) >= 11 is 0. The molecule has 0 radical (unpaired) electrons. The summed E-state index contributed by atoms with van der Waals surface area (Å²) in [5.74, 6) is 0.342. The van der Waals surface area contributed by atoms with E-state index in [4.69, 9.17) is 19.9 Å². The Balaban J connectivity index is 1.93. The number of likely N-dealkylation sites (tertiary alicyclic amines) is 1. The van der Waals surface area contributed by atoms with Crippen molar-refractivity contribution >= 4 is 17.8 Å². The zero-order valence-electron chi connectivity index (χ0n) is 17.8. The average molecular weight is 402 g/mol. The minimum atomic E-state index is -0.548. The standard InChI is InChI=1S/C22H30N2O5/c1-21(2,3)29-20(26)24-10-8-22(9-11-24)13-14-12-15(27-4)6-7-16(14)18(23)17(22)19(25)28-5/h6-7,12H,8-11,13,23H2,1-5H3. The van der Waals surface area contributed by atoms with Gasteiger partial charge in [0.15, 0.2) is 0 Å². The summed E-state index contributed by atoms with van der Waals surface area (Å²) in [5.41, 5.74) is 8.30. The molecule has 0 bridgehead atoms. The molecule has 7 nitrogen and oxygen atoms in total. The Labute approximate surface area is 171 Å². The zero-order valence-corrected chi connectivity index (χ0v) is 17.8. The van der Waals surface area contributed by atoms with E-state index in [9.17, 15) is 9.59 Å². The maximum atomic E-state index is 12.7. The van der Waals surface area contributed by atoms with Crippen molar-refractivity contribution in [2.24, 2.45) is 11.1 Å². The average Bonchev–Trinajstić information content (AvgIpc) is 2.66. The maximum absolute atomic E-state index is 12.7. The minimum absolute atomic E-state index is 0.332. The highest BCUT2D eigenvalue weighted by molar-refractivity contribution is 6.00. The minimum Gasteiger partial charge on any atom is -0.497 e. The highest BCUT2D eigenvalue weighted by atomic mass is 16.6. The second-order valence-electron chi connectivity index (χ2n) is 8.73. The number of methoxy groups -OCH3 is 2. The molecular formula is C22H30N2O5. The van der Waals surface area contributed by atoms with Gasteiger partial charge in [0, 0.05) is 24.1 Å². The van der Waals surface area contributed by atoms with Gasteiger partial charge in [-0.05, 0) is 63.8 Å². The van der Waals surface area contributed by atoms with Gasteiger partial charge in [-0.1, -0.05) is 0 Å². The number of nitrogens with two attached hydrogens (primary N) is 1. The number of esters is 1. The Bertz CT molecular complexity index is 845. The topological polar surface area (TPSA) is 91.1 Å². The second-order valence-corrected chi connectivity index (χ2v) is 8.73. The zero-order chi connectivity index (χ0) is 21.4. The largest absolute Gasteiger partial charge is 0.497 e. The van der Waals surface area contributed by atoms with Gasteiger partial charge in [0.25, 0.3) is 0 Å². The molecule has 7 heteroatoms. The van der Waals surface area contributed by atoms with Crippen LogP contribution in [0.2, 0.25) is 0 Å². The Hall–Kier alpha value is -2.70. The molecule has 3 rings (SSSR count). The van der Waals surface area contributed by atoms with Crippen LogP contribution in [0, 0.1) is 5.41 Å². The molecule has 0 saturated carbocycles. The van der Waals surface area contributed by atoms with Crippen LogP contribution in [0.1, 0.15) is 44.7 Å². The van der Waals surface area contributed by atoms with Gasteiger partial charge in [0.2, 0.25) is 0 Å². The van der Waals surface area contributed by atoms with E-state index in [1.807, 2.05) is 39.0 Å². The number of carbonyl (C=O) groups excluding carboxylic acids is 2. The highest BCUT2D eigenvalue weighted by Gasteiger charge is 2.47. The van der Waals surface area contributed by atoms with Crippen molar-refractivity contribution in [1.29, 1.82) is 0 Å². The van der Waals surface area contributed by atoms with E-state index in [0.29, 0.717) is 43.6 Å². The van der Waals surface area contributed by atoms with E-state index in [2.05, 4.69) is 0 Å². The van der Waals surface area contributed by atoms with Gasteiger partial charge in [-0.2, -0.15) is 0 Å². The number of piperidine rings is 1. The van der Waals surface area contributed by atoms with Crippen LogP contribution >= 0.6 is 0 Å². The van der Waals surface area contributed by atoms with Crippen LogP contribution in [0.5, 0.6) is 5.75 Å². The van der Waals surface area contributed by atoms with Crippen LogP contribution in [0.15, 0.2) is 23.8 Å². The van der Waals surface area contributed by atoms with Crippen LogP contribution in [-0.2, 0) is 20.7 Å². The molecule has 1 fully saturated rings. The van der Waals surface area contributed by atoms with Gasteiger partial charge in [-0.3, -0.25) is 0 Å². The van der Waals surface area contributed by atoms with E-state index >= 15 is 0 Å². The fourth-order valence-corrected chi connectivity index (χ4v) is 4.28. The van der Waals surface area contributed by atoms with Gasteiger partial charge in [0.05, 0.1) is 25.5 Å². The number of hydrogen-bond donors (Lipinski definition) is 1. The summed E-state index contributed by atoms with van der Waals surface area (Å²) in [5, 5.41) is 0. The van der Waals surface area contributed by atoms with Crippen LogP contribution < -0.4 is 10.5 Å². The number of fused-ring (bicyclic) bond motifs is 1. The van der Waals surface area contributed by atoms with Crippen molar-refractivity contribution in [2.75, 3.05) is 27.3 Å². The summed E-state index contributed by atoms with van der Waals surface area (Å²) < 4.78 is 15.9. The molecule has 1 saturated heterocycles. The highest BCUT2D eigenvalue weighted by Crippen LogP contribution is 2.49. The van der Waals surface area contributed by atoms with Gasteiger partial charge in [-0.25, -0.2) is 9.59 Å². The van der Waals surface area contributed by atoms with E-state index in [1.54, 1.807) is 12.0 Å².